The van der Waals surface area contributed by atoms with E-state index in [9.17, 15) is 14.7 Å². The zero-order valence-electron chi connectivity index (χ0n) is 13.2. The molecule has 0 unspecified atom stereocenters. The average Bonchev–Trinajstić information content (AvgIpc) is 2.99. The number of halogens is 1. The topological polar surface area (TPSA) is 69.6 Å². The zero-order valence-corrected chi connectivity index (χ0v) is 14.1. The van der Waals surface area contributed by atoms with Crippen molar-refractivity contribution in [1.29, 1.82) is 0 Å². The maximum atomic E-state index is 12.2. The number of likely N-dealkylation sites (tertiary alicyclic amines) is 1. The van der Waals surface area contributed by atoms with Gasteiger partial charge in [-0.1, -0.05) is 24.6 Å². The summed E-state index contributed by atoms with van der Waals surface area (Å²) >= 11 is 0. The Labute approximate surface area is 142 Å². The Morgan fingerprint density at radius 2 is 2.13 bits per heavy atom. The van der Waals surface area contributed by atoms with E-state index in [-0.39, 0.29) is 30.8 Å². The van der Waals surface area contributed by atoms with Crippen LogP contribution < -0.4 is 5.32 Å². The number of nitrogens with zero attached hydrogens (tertiary/aromatic N) is 1. The number of benzene rings is 1. The minimum absolute atomic E-state index is 0. The van der Waals surface area contributed by atoms with E-state index < -0.39 is 11.4 Å². The first-order chi connectivity index (χ1) is 10.5. The minimum Gasteiger partial charge on any atom is -0.481 e. The molecule has 0 spiro atoms. The van der Waals surface area contributed by atoms with Crippen LogP contribution in [-0.4, -0.2) is 41.5 Å². The highest BCUT2D eigenvalue weighted by molar-refractivity contribution is 5.93. The van der Waals surface area contributed by atoms with E-state index >= 15 is 0 Å². The van der Waals surface area contributed by atoms with Crippen molar-refractivity contribution in [3.8, 4) is 0 Å². The Bertz CT molecular complexity index is 607. The van der Waals surface area contributed by atoms with Crippen molar-refractivity contribution in [2.75, 3.05) is 25.0 Å². The number of amides is 1. The standard InChI is InChI=1S/C17H22N2O3.ClH/c1-12-5-2-3-7-14(12)18-15(20)10-19-9-13-6-4-8-17(13,11-19)16(21)22;/h2-3,5,7,13H,4,6,8-11H2,1H3,(H,18,20)(H,21,22);1H/t13-,17+;/m0./s1. The SMILES string of the molecule is Cc1ccccc1NC(=O)CN1C[C@@H]2CCC[C@@]2(C(=O)O)C1.Cl. The summed E-state index contributed by atoms with van der Waals surface area (Å²) < 4.78 is 0. The molecular formula is C17H23ClN2O3. The maximum Gasteiger partial charge on any atom is 0.311 e. The first-order valence-electron chi connectivity index (χ1n) is 7.82. The van der Waals surface area contributed by atoms with Gasteiger partial charge >= 0.3 is 5.97 Å². The number of aliphatic carboxylic acids is 1. The number of carbonyl (C=O) groups is 2. The van der Waals surface area contributed by atoms with Crippen LogP contribution in [-0.2, 0) is 9.59 Å². The fraction of sp³-hybridized carbons (Fsp3) is 0.529. The Morgan fingerprint density at radius 3 is 2.78 bits per heavy atom. The molecule has 1 aromatic carbocycles. The molecule has 0 aromatic heterocycles. The smallest absolute Gasteiger partial charge is 0.311 e. The van der Waals surface area contributed by atoms with Gasteiger partial charge in [0.05, 0.1) is 12.0 Å². The molecule has 2 N–H and O–H groups in total. The van der Waals surface area contributed by atoms with Crippen molar-refractivity contribution in [3.05, 3.63) is 29.8 Å². The molecule has 6 heteroatoms. The van der Waals surface area contributed by atoms with E-state index in [1.165, 1.54) is 0 Å². The number of carboxylic acid groups (broad SMARTS) is 1. The fourth-order valence-electron chi connectivity index (χ4n) is 3.97. The predicted octanol–water partition coefficient (Wildman–Crippen LogP) is 2.54. The number of carboxylic acids is 1. The zero-order chi connectivity index (χ0) is 15.7. The van der Waals surface area contributed by atoms with Crippen LogP contribution in [0, 0.1) is 18.3 Å². The third-order valence-electron chi connectivity index (χ3n) is 5.15. The maximum absolute atomic E-state index is 12.2. The van der Waals surface area contributed by atoms with E-state index in [0.29, 0.717) is 13.1 Å². The lowest BCUT2D eigenvalue weighted by Gasteiger charge is -2.23. The molecule has 0 bridgehead atoms. The van der Waals surface area contributed by atoms with Gasteiger partial charge in [-0.05, 0) is 37.3 Å². The molecule has 1 saturated heterocycles. The van der Waals surface area contributed by atoms with Gasteiger partial charge in [0, 0.05) is 18.8 Å². The highest BCUT2D eigenvalue weighted by Gasteiger charge is 2.54. The second kappa shape index (κ2) is 6.89. The van der Waals surface area contributed by atoms with Gasteiger partial charge in [-0.2, -0.15) is 0 Å². The molecule has 0 radical (unpaired) electrons. The summed E-state index contributed by atoms with van der Waals surface area (Å²) in [5.41, 5.74) is 1.22. The van der Waals surface area contributed by atoms with Gasteiger partial charge in [-0.3, -0.25) is 14.5 Å². The Balaban J connectivity index is 0.00000192. The lowest BCUT2D eigenvalue weighted by molar-refractivity contribution is -0.149. The summed E-state index contributed by atoms with van der Waals surface area (Å²) in [5.74, 6) is -0.581. The van der Waals surface area contributed by atoms with E-state index in [1.54, 1.807) is 0 Å². The molecule has 2 aliphatic rings. The van der Waals surface area contributed by atoms with Crippen molar-refractivity contribution in [2.45, 2.75) is 26.2 Å². The molecule has 5 nitrogen and oxygen atoms in total. The Kier molecular flexibility index (Phi) is 5.32. The summed E-state index contributed by atoms with van der Waals surface area (Å²) in [6.45, 7) is 3.43. The van der Waals surface area contributed by atoms with Crippen LogP contribution in [0.2, 0.25) is 0 Å². The third-order valence-corrected chi connectivity index (χ3v) is 5.15. The average molecular weight is 339 g/mol. The van der Waals surface area contributed by atoms with Crippen LogP contribution in [0.5, 0.6) is 0 Å². The summed E-state index contributed by atoms with van der Waals surface area (Å²) in [6.07, 6.45) is 2.69. The number of carbonyl (C=O) groups excluding carboxylic acids is 1. The number of hydrogen-bond acceptors (Lipinski definition) is 3. The highest BCUT2D eigenvalue weighted by Crippen LogP contribution is 2.48. The molecule has 1 heterocycles. The van der Waals surface area contributed by atoms with Crippen LogP contribution in [0.4, 0.5) is 5.69 Å². The lowest BCUT2D eigenvalue weighted by atomic mass is 9.81. The molecule has 2 atom stereocenters. The highest BCUT2D eigenvalue weighted by atomic mass is 35.5. The Morgan fingerprint density at radius 1 is 1.39 bits per heavy atom. The van der Waals surface area contributed by atoms with Crippen LogP contribution in [0.1, 0.15) is 24.8 Å². The van der Waals surface area contributed by atoms with Crippen LogP contribution in [0.3, 0.4) is 0 Å². The number of para-hydroxylation sites is 1. The van der Waals surface area contributed by atoms with Gasteiger partial charge in [0.2, 0.25) is 5.91 Å². The quantitative estimate of drug-likeness (QED) is 0.885. The third kappa shape index (κ3) is 3.35. The molecule has 1 amide bonds. The fourth-order valence-corrected chi connectivity index (χ4v) is 3.97. The molecule has 1 aliphatic carbocycles. The predicted molar refractivity (Wildman–Crippen MR) is 90.9 cm³/mol. The molecule has 23 heavy (non-hydrogen) atoms. The Hall–Kier alpha value is -1.59. The molecule has 1 saturated carbocycles. The van der Waals surface area contributed by atoms with Gasteiger partial charge in [-0.25, -0.2) is 0 Å². The molecule has 126 valence electrons. The van der Waals surface area contributed by atoms with Gasteiger partial charge in [0.1, 0.15) is 0 Å². The van der Waals surface area contributed by atoms with Crippen LogP contribution in [0.15, 0.2) is 24.3 Å². The normalized spacial score (nSPS) is 26.4. The van der Waals surface area contributed by atoms with Crippen molar-refractivity contribution in [2.24, 2.45) is 11.3 Å². The number of anilines is 1. The van der Waals surface area contributed by atoms with Crippen molar-refractivity contribution in [1.82, 2.24) is 4.90 Å². The second-order valence-electron chi connectivity index (χ2n) is 6.58. The molecule has 1 aromatic rings. The van der Waals surface area contributed by atoms with E-state index in [2.05, 4.69) is 5.32 Å². The largest absolute Gasteiger partial charge is 0.481 e. The minimum atomic E-state index is -0.697. The van der Waals surface area contributed by atoms with Gasteiger partial charge in [0.25, 0.3) is 0 Å². The summed E-state index contributed by atoms with van der Waals surface area (Å²) in [7, 11) is 0. The molecule has 1 aliphatic heterocycles. The van der Waals surface area contributed by atoms with Gasteiger partial charge in [0.15, 0.2) is 0 Å². The van der Waals surface area contributed by atoms with Crippen LogP contribution >= 0.6 is 12.4 Å². The first-order valence-corrected chi connectivity index (χ1v) is 7.82. The van der Waals surface area contributed by atoms with Crippen molar-refractivity contribution >= 4 is 30.0 Å². The molecule has 2 fully saturated rings. The van der Waals surface area contributed by atoms with E-state index in [0.717, 1.165) is 30.5 Å². The summed E-state index contributed by atoms with van der Waals surface area (Å²) in [5, 5.41) is 12.5. The van der Waals surface area contributed by atoms with Crippen LogP contribution in [0.25, 0.3) is 0 Å². The summed E-state index contributed by atoms with van der Waals surface area (Å²) in [6, 6.07) is 7.66. The first kappa shape index (κ1) is 17.8. The van der Waals surface area contributed by atoms with E-state index in [4.69, 9.17) is 0 Å². The second-order valence-corrected chi connectivity index (χ2v) is 6.58. The number of hydrogen-bond donors (Lipinski definition) is 2. The van der Waals surface area contributed by atoms with Crippen molar-refractivity contribution < 1.29 is 14.7 Å². The summed E-state index contributed by atoms with van der Waals surface area (Å²) in [4.78, 5) is 25.9. The monoisotopic (exact) mass is 338 g/mol. The molecular weight excluding hydrogens is 316 g/mol. The molecule has 3 rings (SSSR count). The van der Waals surface area contributed by atoms with Crippen molar-refractivity contribution in [3.63, 3.8) is 0 Å². The number of aryl methyl sites for hydroxylation is 1. The number of nitrogens with one attached hydrogen (secondary N) is 1. The lowest BCUT2D eigenvalue weighted by Crippen LogP contribution is -2.37. The number of fused-ring (bicyclic) bond motifs is 1. The van der Waals surface area contributed by atoms with E-state index in [1.807, 2.05) is 36.1 Å². The van der Waals surface area contributed by atoms with Gasteiger partial charge in [-0.15, -0.1) is 12.4 Å². The van der Waals surface area contributed by atoms with Gasteiger partial charge < -0.3 is 10.4 Å². The number of rotatable bonds is 4.